The molecule has 1 heterocycles. The first-order valence-electron chi connectivity index (χ1n) is 9.86. The van der Waals surface area contributed by atoms with Gasteiger partial charge in [0, 0.05) is 17.0 Å². The van der Waals surface area contributed by atoms with Crippen LogP contribution in [0.5, 0.6) is 0 Å². The largest absolute Gasteiger partial charge is 0.454 e. The van der Waals surface area contributed by atoms with Crippen LogP contribution < -0.4 is 10.0 Å². The smallest absolute Gasteiger partial charge is 0.306 e. The van der Waals surface area contributed by atoms with Gasteiger partial charge >= 0.3 is 12.2 Å². The number of allylic oxidation sites excluding steroid dienone is 2. The molecular formula is C20H20F3N3O4S. The molecule has 3 aliphatic rings. The topological polar surface area (TPSA) is 105 Å². The number of aryl methyl sites for hydroxylation is 1. The van der Waals surface area contributed by atoms with E-state index in [0.29, 0.717) is 11.8 Å². The van der Waals surface area contributed by atoms with E-state index in [1.165, 1.54) is 0 Å². The second-order valence-corrected chi connectivity index (χ2v) is 9.78. The fourth-order valence-corrected chi connectivity index (χ4v) is 5.34. The van der Waals surface area contributed by atoms with Crippen molar-refractivity contribution < 1.29 is 31.2 Å². The van der Waals surface area contributed by atoms with Crippen molar-refractivity contribution in [3.8, 4) is 0 Å². The van der Waals surface area contributed by atoms with E-state index in [1.54, 1.807) is 0 Å². The molecular weight excluding hydrogens is 435 g/mol. The molecule has 0 fully saturated rings. The van der Waals surface area contributed by atoms with Crippen molar-refractivity contribution in [2.45, 2.75) is 56.4 Å². The molecule has 0 bridgehead atoms. The lowest BCUT2D eigenvalue weighted by molar-refractivity contribution is -0.166. The normalized spacial score (nSPS) is 22.1. The fraction of sp³-hybridized carbons (Fsp3) is 0.450. The number of carbonyl (C=O) groups is 2. The third-order valence-corrected chi connectivity index (χ3v) is 7.29. The molecule has 0 saturated carbocycles. The van der Waals surface area contributed by atoms with Crippen molar-refractivity contribution in [1.82, 2.24) is 9.71 Å². The first kappa shape index (κ1) is 21.5. The summed E-state index contributed by atoms with van der Waals surface area (Å²) in [6.45, 7) is 2.05. The van der Waals surface area contributed by atoms with E-state index in [2.05, 4.69) is 5.32 Å². The number of Topliss-reactive ketones (excluding diaryl/α,β-unsaturated/α-hetero) is 1. The maximum Gasteiger partial charge on any atom is 0.454 e. The number of aromatic nitrogens is 1. The maximum atomic E-state index is 12.6. The molecule has 4 rings (SSSR count). The van der Waals surface area contributed by atoms with Gasteiger partial charge < -0.3 is 5.32 Å². The van der Waals surface area contributed by atoms with Gasteiger partial charge in [-0.15, -0.1) is 0 Å². The highest BCUT2D eigenvalue weighted by Gasteiger charge is 2.42. The van der Waals surface area contributed by atoms with Gasteiger partial charge in [-0.25, -0.2) is 17.9 Å². The second-order valence-electron chi connectivity index (χ2n) is 7.94. The quantitative estimate of drug-likeness (QED) is 0.726. The first-order chi connectivity index (χ1) is 14.5. The number of alkyl halides is 3. The molecule has 1 aromatic heterocycles. The molecule has 3 aliphatic carbocycles. The Kier molecular flexibility index (Phi) is 5.19. The Bertz CT molecular complexity index is 1140. The Balaban J connectivity index is 1.53. The minimum absolute atomic E-state index is 0.242. The number of nitrogens with one attached hydrogen (secondary N) is 2. The first-order valence-corrected chi connectivity index (χ1v) is 11.4. The van der Waals surface area contributed by atoms with Crippen molar-refractivity contribution in [3.05, 3.63) is 46.3 Å². The van der Waals surface area contributed by atoms with Crippen LogP contribution in [0, 0.1) is 0 Å². The Morgan fingerprint density at radius 1 is 1.16 bits per heavy atom. The minimum Gasteiger partial charge on any atom is -0.306 e. The molecule has 166 valence electrons. The van der Waals surface area contributed by atoms with Crippen molar-refractivity contribution >= 4 is 27.5 Å². The van der Waals surface area contributed by atoms with Crippen LogP contribution in [0.3, 0.4) is 0 Å². The van der Waals surface area contributed by atoms with E-state index in [4.69, 9.17) is 4.98 Å². The molecule has 2 amide bonds. The lowest BCUT2D eigenvalue weighted by Gasteiger charge is -2.17. The number of ketones is 1. The van der Waals surface area contributed by atoms with E-state index in [0.717, 1.165) is 66.8 Å². The highest BCUT2D eigenvalue weighted by molar-refractivity contribution is 7.91. The number of fused-ring (bicyclic) bond motifs is 2. The van der Waals surface area contributed by atoms with E-state index >= 15 is 0 Å². The number of rotatable bonds is 4. The lowest BCUT2D eigenvalue weighted by Crippen LogP contribution is -2.39. The third-order valence-electron chi connectivity index (χ3n) is 5.81. The van der Waals surface area contributed by atoms with Crippen LogP contribution in [0.2, 0.25) is 0 Å². The molecule has 11 heteroatoms. The van der Waals surface area contributed by atoms with E-state index in [9.17, 15) is 31.2 Å². The van der Waals surface area contributed by atoms with Crippen LogP contribution in [0.25, 0.3) is 0 Å². The molecule has 0 saturated heterocycles. The number of hydrogen-bond acceptors (Lipinski definition) is 5. The van der Waals surface area contributed by atoms with Gasteiger partial charge in [0.25, 0.3) is 5.78 Å². The molecule has 0 spiro atoms. The molecule has 1 aromatic rings. The zero-order valence-corrected chi connectivity index (χ0v) is 17.4. The molecule has 2 unspecified atom stereocenters. The van der Waals surface area contributed by atoms with Crippen LogP contribution in [0.4, 0.5) is 23.7 Å². The number of sulfonamides is 1. The summed E-state index contributed by atoms with van der Waals surface area (Å²) in [5.74, 6) is -1.89. The summed E-state index contributed by atoms with van der Waals surface area (Å²) < 4.78 is 64.5. The number of halogens is 3. The number of carbonyl (C=O) groups excluding carboxylic acids is 2. The van der Waals surface area contributed by atoms with E-state index < -0.39 is 38.8 Å². The van der Waals surface area contributed by atoms with Gasteiger partial charge in [-0.2, -0.15) is 13.2 Å². The predicted octanol–water partition coefficient (Wildman–Crippen LogP) is 3.07. The number of amides is 2. The molecule has 31 heavy (non-hydrogen) atoms. The summed E-state index contributed by atoms with van der Waals surface area (Å²) in [6, 6.07) is -1.00. The average molecular weight is 455 g/mol. The second kappa shape index (κ2) is 7.47. The summed E-state index contributed by atoms with van der Waals surface area (Å²) in [6.07, 6.45) is 1.29. The van der Waals surface area contributed by atoms with Gasteiger partial charge in [-0.1, -0.05) is 19.1 Å². The number of pyridine rings is 1. The zero-order chi connectivity index (χ0) is 22.6. The van der Waals surface area contributed by atoms with Gasteiger partial charge in [0.15, 0.2) is 0 Å². The Labute approximate surface area is 176 Å². The summed E-state index contributed by atoms with van der Waals surface area (Å²) in [7, 11) is -4.39. The molecule has 0 aromatic carbocycles. The molecule has 0 radical (unpaired) electrons. The number of nitrogens with zero attached hydrogens (tertiary/aromatic N) is 1. The van der Waals surface area contributed by atoms with Crippen LogP contribution in [-0.4, -0.2) is 36.6 Å². The number of hydrogen-bond donors (Lipinski definition) is 2. The Morgan fingerprint density at radius 3 is 2.61 bits per heavy atom. The van der Waals surface area contributed by atoms with E-state index in [-0.39, 0.29) is 5.92 Å². The fourth-order valence-electron chi connectivity index (χ4n) is 4.28. The number of urea groups is 1. The number of anilines is 1. The zero-order valence-electron chi connectivity index (χ0n) is 16.5. The van der Waals surface area contributed by atoms with Gasteiger partial charge in [0.1, 0.15) is 5.25 Å². The lowest BCUT2D eigenvalue weighted by atomic mass is 10.0. The van der Waals surface area contributed by atoms with Crippen molar-refractivity contribution in [2.24, 2.45) is 0 Å². The van der Waals surface area contributed by atoms with Gasteiger partial charge in [-0.05, 0) is 55.2 Å². The highest BCUT2D eigenvalue weighted by atomic mass is 32.2. The summed E-state index contributed by atoms with van der Waals surface area (Å²) in [4.78, 5) is 28.6. The molecule has 7 nitrogen and oxygen atoms in total. The van der Waals surface area contributed by atoms with Crippen molar-refractivity contribution in [3.63, 3.8) is 0 Å². The maximum absolute atomic E-state index is 12.6. The SMILES string of the molecule is CC1CCc2c1nc1c(c2NC(=O)NS(=O)(=O)C2C=CC(C(=O)C(F)(F)F)=C2)CCC1. The predicted molar refractivity (Wildman–Crippen MR) is 106 cm³/mol. The van der Waals surface area contributed by atoms with Crippen LogP contribution in [-0.2, 0) is 34.1 Å². The molecule has 2 N–H and O–H groups in total. The van der Waals surface area contributed by atoms with E-state index in [1.807, 2.05) is 11.6 Å². The van der Waals surface area contributed by atoms with Crippen LogP contribution in [0.15, 0.2) is 23.8 Å². The standard InChI is InChI=1S/C20H20F3N3O4S/c1-10-5-8-14-16(10)24-15-4-2-3-13(15)17(14)25-19(28)26-31(29,30)12-7-6-11(9-12)18(27)20(21,22)23/h6-7,9-10,12H,2-5,8H2,1H3,(H2,24,25,26,28). The van der Waals surface area contributed by atoms with Crippen molar-refractivity contribution in [2.75, 3.05) is 5.32 Å². The minimum atomic E-state index is -5.11. The average Bonchev–Trinajstić information content (AvgIpc) is 3.40. The van der Waals surface area contributed by atoms with Gasteiger partial charge in [-0.3, -0.25) is 9.78 Å². The Hall–Kier alpha value is -2.69. The van der Waals surface area contributed by atoms with Crippen LogP contribution >= 0.6 is 0 Å². The highest BCUT2D eigenvalue weighted by Crippen LogP contribution is 2.41. The third kappa shape index (κ3) is 3.98. The molecule has 0 aliphatic heterocycles. The monoisotopic (exact) mass is 455 g/mol. The summed E-state index contributed by atoms with van der Waals surface area (Å²) in [5.41, 5.74) is 3.43. The van der Waals surface area contributed by atoms with Crippen molar-refractivity contribution in [1.29, 1.82) is 0 Å². The molecule has 2 atom stereocenters. The van der Waals surface area contributed by atoms with Gasteiger partial charge in [0.2, 0.25) is 10.0 Å². The van der Waals surface area contributed by atoms with Crippen LogP contribution in [0.1, 0.15) is 48.2 Å². The summed E-state index contributed by atoms with van der Waals surface area (Å²) in [5, 5.41) is 1.08. The van der Waals surface area contributed by atoms with Gasteiger partial charge in [0.05, 0.1) is 5.69 Å². The summed E-state index contributed by atoms with van der Waals surface area (Å²) >= 11 is 0. The Morgan fingerprint density at radius 2 is 1.90 bits per heavy atom.